The van der Waals surface area contributed by atoms with Crippen LogP contribution in [0.5, 0.6) is 0 Å². The van der Waals surface area contributed by atoms with E-state index in [1.165, 1.54) is 0 Å². The quantitative estimate of drug-likeness (QED) is 0.360. The number of rotatable bonds is 4. The summed E-state index contributed by atoms with van der Waals surface area (Å²) in [4.78, 5) is 0. The lowest BCUT2D eigenvalue weighted by atomic mass is 9.99. The molecule has 0 saturated carbocycles. The van der Waals surface area contributed by atoms with Crippen molar-refractivity contribution >= 4 is 0 Å². The molecule has 0 bridgehead atoms. The highest BCUT2D eigenvalue weighted by Gasteiger charge is 2.44. The SMILES string of the molecule is C/C=C/C#CC#CC#CC#CC(CO)O[C@H]1O[C@@H](CO)[C@H](O)[C@@H](O)[C@H]1O. The van der Waals surface area contributed by atoms with Crippen LogP contribution >= 0.6 is 0 Å². The van der Waals surface area contributed by atoms with Gasteiger partial charge < -0.3 is 35.0 Å². The summed E-state index contributed by atoms with van der Waals surface area (Å²) in [6, 6.07) is 0. The fraction of sp³-hybridized carbons (Fsp3) is 0.474. The summed E-state index contributed by atoms with van der Waals surface area (Å²) in [6.07, 6.45) is -4.77. The van der Waals surface area contributed by atoms with Crippen LogP contribution in [0.3, 0.4) is 0 Å². The van der Waals surface area contributed by atoms with E-state index in [-0.39, 0.29) is 0 Å². The van der Waals surface area contributed by atoms with Crippen LogP contribution in [0.4, 0.5) is 0 Å². The van der Waals surface area contributed by atoms with Gasteiger partial charge in [-0.1, -0.05) is 17.9 Å². The third-order valence-corrected chi connectivity index (χ3v) is 3.18. The van der Waals surface area contributed by atoms with Crippen molar-refractivity contribution in [1.29, 1.82) is 0 Å². The first kappa shape index (κ1) is 21.7. The molecule has 6 atom stereocenters. The van der Waals surface area contributed by atoms with Gasteiger partial charge in [0.05, 0.1) is 13.2 Å². The second-order valence-electron chi connectivity index (χ2n) is 5.04. The number of hydrogen-bond donors (Lipinski definition) is 5. The van der Waals surface area contributed by atoms with Crippen LogP contribution in [0.2, 0.25) is 0 Å². The molecule has 1 heterocycles. The molecule has 26 heavy (non-hydrogen) atoms. The Balaban J connectivity index is 2.67. The van der Waals surface area contributed by atoms with Crippen LogP contribution < -0.4 is 0 Å². The first-order valence-corrected chi connectivity index (χ1v) is 7.74. The van der Waals surface area contributed by atoms with Gasteiger partial charge in [-0.05, 0) is 48.5 Å². The lowest BCUT2D eigenvalue weighted by Crippen LogP contribution is -2.59. The van der Waals surface area contributed by atoms with E-state index in [4.69, 9.17) is 14.6 Å². The van der Waals surface area contributed by atoms with Gasteiger partial charge >= 0.3 is 0 Å². The van der Waals surface area contributed by atoms with Gasteiger partial charge in [0.25, 0.3) is 0 Å². The molecule has 0 aromatic rings. The fourth-order valence-electron chi connectivity index (χ4n) is 1.87. The van der Waals surface area contributed by atoms with E-state index >= 15 is 0 Å². The van der Waals surface area contributed by atoms with Gasteiger partial charge in [-0.2, -0.15) is 0 Å². The van der Waals surface area contributed by atoms with E-state index in [1.54, 1.807) is 12.2 Å². The van der Waals surface area contributed by atoms with E-state index in [0.717, 1.165) is 0 Å². The lowest BCUT2D eigenvalue weighted by molar-refractivity contribution is -0.308. The molecule has 0 radical (unpaired) electrons. The molecule has 1 saturated heterocycles. The molecular weight excluding hydrogens is 340 g/mol. The summed E-state index contributed by atoms with van der Waals surface area (Å²) < 4.78 is 10.4. The smallest absolute Gasteiger partial charge is 0.188 e. The molecule has 1 fully saturated rings. The Labute approximate surface area is 152 Å². The summed E-state index contributed by atoms with van der Waals surface area (Å²) in [5.41, 5.74) is 0. The predicted molar refractivity (Wildman–Crippen MR) is 91.6 cm³/mol. The van der Waals surface area contributed by atoms with Crippen molar-refractivity contribution < 1.29 is 35.0 Å². The van der Waals surface area contributed by atoms with E-state index in [2.05, 4.69) is 47.4 Å². The maximum atomic E-state index is 9.86. The van der Waals surface area contributed by atoms with E-state index in [1.807, 2.05) is 6.92 Å². The molecule has 1 unspecified atom stereocenters. The Bertz CT molecular complexity index is 712. The van der Waals surface area contributed by atoms with Crippen molar-refractivity contribution in [3.63, 3.8) is 0 Å². The standard InChI is InChI=1S/C19H20O7/c1-2-3-4-5-6-7-8-9-10-11-14(12-20)25-19-18(24)17(23)16(22)15(13-21)26-19/h2-3,14-24H,12-13H2,1H3/b3-2+/t14?,15-,16-,17+,18+,19-/m0/s1. The molecule has 0 aromatic carbocycles. The van der Waals surface area contributed by atoms with E-state index < -0.39 is 50.0 Å². The van der Waals surface area contributed by atoms with Crippen LogP contribution in [-0.4, -0.2) is 75.6 Å². The summed E-state index contributed by atoms with van der Waals surface area (Å²) in [6.45, 7) is 0.729. The van der Waals surface area contributed by atoms with Gasteiger partial charge in [-0.3, -0.25) is 0 Å². The topological polar surface area (TPSA) is 120 Å². The minimum Gasteiger partial charge on any atom is -0.394 e. The van der Waals surface area contributed by atoms with Crippen LogP contribution in [0.1, 0.15) is 6.92 Å². The van der Waals surface area contributed by atoms with Crippen molar-refractivity contribution in [1.82, 2.24) is 0 Å². The Kier molecular flexibility index (Phi) is 10.1. The normalized spacial score (nSPS) is 28.3. The predicted octanol–water partition coefficient (Wildman–Crippen LogP) is -2.25. The molecule has 1 aliphatic heterocycles. The molecule has 0 aromatic heterocycles. The zero-order chi connectivity index (χ0) is 19.4. The molecule has 5 N–H and O–H groups in total. The molecule has 0 amide bonds. The van der Waals surface area contributed by atoms with Crippen molar-refractivity contribution in [2.75, 3.05) is 13.2 Å². The Hall–Kier alpha value is -2.30. The van der Waals surface area contributed by atoms with Gasteiger partial charge in [0.1, 0.15) is 30.5 Å². The molecule has 1 rings (SSSR count). The maximum absolute atomic E-state index is 9.86. The number of aliphatic hydroxyl groups is 5. The number of aliphatic hydroxyl groups excluding tert-OH is 5. The Morgan fingerprint density at radius 3 is 2.23 bits per heavy atom. The lowest BCUT2D eigenvalue weighted by Gasteiger charge is -2.40. The van der Waals surface area contributed by atoms with Crippen LogP contribution in [0.15, 0.2) is 12.2 Å². The minimum atomic E-state index is -1.57. The highest BCUT2D eigenvalue weighted by molar-refractivity contribution is 5.41. The molecule has 1 aliphatic rings. The fourth-order valence-corrected chi connectivity index (χ4v) is 1.87. The molecular formula is C19H20O7. The number of allylic oxidation sites excluding steroid dienone is 2. The van der Waals surface area contributed by atoms with E-state index in [9.17, 15) is 20.4 Å². The van der Waals surface area contributed by atoms with Gasteiger partial charge in [0.15, 0.2) is 6.29 Å². The average Bonchev–Trinajstić information content (AvgIpc) is 2.65. The number of hydrogen-bond acceptors (Lipinski definition) is 7. The van der Waals surface area contributed by atoms with Crippen molar-refractivity contribution in [3.8, 4) is 47.4 Å². The molecule has 7 heteroatoms. The van der Waals surface area contributed by atoms with E-state index in [0.29, 0.717) is 0 Å². The molecule has 138 valence electrons. The second kappa shape index (κ2) is 12.1. The van der Waals surface area contributed by atoms with Crippen LogP contribution in [0, 0.1) is 47.4 Å². The highest BCUT2D eigenvalue weighted by atomic mass is 16.7. The average molecular weight is 360 g/mol. The zero-order valence-corrected chi connectivity index (χ0v) is 14.1. The summed E-state index contributed by atoms with van der Waals surface area (Å²) in [5.74, 6) is 20.0. The zero-order valence-electron chi connectivity index (χ0n) is 14.1. The first-order chi connectivity index (χ1) is 12.5. The third kappa shape index (κ3) is 6.90. The summed E-state index contributed by atoms with van der Waals surface area (Å²) in [7, 11) is 0. The van der Waals surface area contributed by atoms with Gasteiger partial charge in [0.2, 0.25) is 0 Å². The second-order valence-corrected chi connectivity index (χ2v) is 5.04. The number of ether oxygens (including phenoxy) is 2. The van der Waals surface area contributed by atoms with Crippen LogP contribution in [-0.2, 0) is 9.47 Å². The Morgan fingerprint density at radius 1 is 0.962 bits per heavy atom. The largest absolute Gasteiger partial charge is 0.394 e. The summed E-state index contributed by atoms with van der Waals surface area (Å²) in [5, 5.41) is 47.6. The van der Waals surface area contributed by atoms with Gasteiger partial charge in [-0.15, -0.1) is 0 Å². The highest BCUT2D eigenvalue weighted by Crippen LogP contribution is 2.22. The molecule has 0 aliphatic carbocycles. The van der Waals surface area contributed by atoms with Crippen LogP contribution in [0.25, 0.3) is 0 Å². The monoisotopic (exact) mass is 360 g/mol. The van der Waals surface area contributed by atoms with Crippen molar-refractivity contribution in [2.24, 2.45) is 0 Å². The maximum Gasteiger partial charge on any atom is 0.188 e. The van der Waals surface area contributed by atoms with Crippen molar-refractivity contribution in [2.45, 2.75) is 43.7 Å². The molecule has 7 nitrogen and oxygen atoms in total. The Morgan fingerprint density at radius 2 is 1.62 bits per heavy atom. The third-order valence-electron chi connectivity index (χ3n) is 3.18. The van der Waals surface area contributed by atoms with Crippen molar-refractivity contribution in [3.05, 3.63) is 12.2 Å². The molecule has 0 spiro atoms. The van der Waals surface area contributed by atoms with Gasteiger partial charge in [0, 0.05) is 0 Å². The van der Waals surface area contributed by atoms with Gasteiger partial charge in [-0.25, -0.2) is 0 Å². The minimum absolute atomic E-state index is 0.524. The summed E-state index contributed by atoms with van der Waals surface area (Å²) >= 11 is 0. The first-order valence-electron chi connectivity index (χ1n) is 7.74.